The first-order valence-electron chi connectivity index (χ1n) is 12.9. The predicted molar refractivity (Wildman–Crippen MR) is 130 cm³/mol. The van der Waals surface area contributed by atoms with E-state index in [1.54, 1.807) is 24.3 Å². The molecule has 0 unspecified atom stereocenters. The van der Waals surface area contributed by atoms with Gasteiger partial charge in [0.2, 0.25) is 5.78 Å². The molecule has 0 amide bonds. The largest absolute Gasteiger partial charge is 0.492 e. The minimum atomic E-state index is -4.75. The number of carbonyl (C=O) groups excluding carboxylic acids is 1. The van der Waals surface area contributed by atoms with E-state index < -0.39 is 18.4 Å². The summed E-state index contributed by atoms with van der Waals surface area (Å²) in [5.41, 5.74) is 0.702. The molecule has 6 heteroatoms. The van der Waals surface area contributed by atoms with E-state index in [0.29, 0.717) is 17.9 Å². The number of alkyl halides is 3. The molecule has 0 N–H and O–H groups in total. The number of ether oxygens (including phenoxy) is 1. The van der Waals surface area contributed by atoms with Crippen molar-refractivity contribution in [3.63, 3.8) is 0 Å². The molecule has 0 spiro atoms. The van der Waals surface area contributed by atoms with E-state index in [1.807, 2.05) is 0 Å². The number of aryl methyl sites for hydroxylation is 1. The maximum atomic E-state index is 12.3. The summed E-state index contributed by atoms with van der Waals surface area (Å²) in [6, 6.07) is 6.98. The summed E-state index contributed by atoms with van der Waals surface area (Å²) in [5.74, 6) is -0.975. The molecule has 0 saturated heterocycles. The highest BCUT2D eigenvalue weighted by Crippen LogP contribution is 2.20. The van der Waals surface area contributed by atoms with Crippen LogP contribution in [0.4, 0.5) is 13.2 Å². The van der Waals surface area contributed by atoms with Crippen molar-refractivity contribution in [2.24, 2.45) is 0 Å². The van der Waals surface area contributed by atoms with Crippen molar-refractivity contribution in [1.29, 1.82) is 0 Å². The second-order valence-corrected chi connectivity index (χ2v) is 8.94. The normalized spacial score (nSPS) is 11.8. The first-order chi connectivity index (χ1) is 15.9. The average molecular weight is 472 g/mol. The zero-order chi connectivity index (χ0) is 24.4. The Kier molecular flexibility index (Phi) is 15.9. The summed E-state index contributed by atoms with van der Waals surface area (Å²) in [7, 11) is 0. The SMILES string of the molecule is CCCCCCCCCCCCN(CCC)CCOc1ccc(CCC(=O)C(F)(F)F)cc1. The van der Waals surface area contributed by atoms with Crippen LogP contribution in [0.5, 0.6) is 5.75 Å². The molecule has 190 valence electrons. The quantitative estimate of drug-likeness (QED) is 0.182. The van der Waals surface area contributed by atoms with Gasteiger partial charge in [-0.05, 0) is 50.0 Å². The van der Waals surface area contributed by atoms with Gasteiger partial charge in [-0.3, -0.25) is 9.69 Å². The molecule has 1 rings (SSSR count). The zero-order valence-corrected chi connectivity index (χ0v) is 20.7. The van der Waals surface area contributed by atoms with E-state index in [2.05, 4.69) is 18.7 Å². The Hall–Kier alpha value is -1.56. The number of ketones is 1. The van der Waals surface area contributed by atoms with Gasteiger partial charge in [-0.25, -0.2) is 0 Å². The van der Waals surface area contributed by atoms with Crippen LogP contribution >= 0.6 is 0 Å². The third-order valence-corrected chi connectivity index (χ3v) is 5.92. The average Bonchev–Trinajstić information content (AvgIpc) is 2.78. The minimum absolute atomic E-state index is 0.0851. The first kappa shape index (κ1) is 29.5. The number of rotatable bonds is 20. The Morgan fingerprint density at radius 1 is 0.788 bits per heavy atom. The van der Waals surface area contributed by atoms with Crippen LogP contribution in [0.15, 0.2) is 24.3 Å². The third kappa shape index (κ3) is 15.1. The Morgan fingerprint density at radius 3 is 1.91 bits per heavy atom. The highest BCUT2D eigenvalue weighted by molar-refractivity contribution is 5.84. The number of benzene rings is 1. The molecule has 0 radical (unpaired) electrons. The fraction of sp³-hybridized carbons (Fsp3) is 0.741. The highest BCUT2D eigenvalue weighted by atomic mass is 19.4. The van der Waals surface area contributed by atoms with E-state index in [-0.39, 0.29) is 6.42 Å². The standard InChI is InChI=1S/C27H44F3NO2/c1-3-5-6-7-8-9-10-11-12-13-21-31(20-4-2)22-23-33-25-17-14-24(15-18-25)16-19-26(32)27(28,29)30/h14-15,17-18H,3-13,16,19-23H2,1-2H3. The van der Waals surface area contributed by atoms with E-state index >= 15 is 0 Å². The van der Waals surface area contributed by atoms with Crippen LogP contribution in [-0.4, -0.2) is 43.1 Å². The Balaban J connectivity index is 2.18. The number of halogens is 3. The molecule has 0 heterocycles. The maximum Gasteiger partial charge on any atom is 0.449 e. The van der Waals surface area contributed by atoms with Crippen LogP contribution in [0.1, 0.15) is 96.5 Å². The van der Waals surface area contributed by atoms with Crippen molar-refractivity contribution >= 4 is 5.78 Å². The molecule has 33 heavy (non-hydrogen) atoms. The van der Waals surface area contributed by atoms with Gasteiger partial charge in [0.05, 0.1) is 0 Å². The lowest BCUT2D eigenvalue weighted by atomic mass is 10.1. The lowest BCUT2D eigenvalue weighted by Crippen LogP contribution is -2.30. The molecule has 0 aromatic heterocycles. The number of unbranched alkanes of at least 4 members (excludes halogenated alkanes) is 9. The molecule has 0 aliphatic rings. The van der Waals surface area contributed by atoms with E-state index in [1.165, 1.54) is 64.2 Å². The van der Waals surface area contributed by atoms with Crippen molar-refractivity contribution in [1.82, 2.24) is 4.90 Å². The fourth-order valence-electron chi connectivity index (χ4n) is 3.92. The molecule has 0 aliphatic carbocycles. The van der Waals surface area contributed by atoms with Gasteiger partial charge in [0, 0.05) is 13.0 Å². The Bertz CT molecular complexity index is 617. The molecule has 0 atom stereocenters. The van der Waals surface area contributed by atoms with Crippen LogP contribution in [0.2, 0.25) is 0 Å². The van der Waals surface area contributed by atoms with Crippen molar-refractivity contribution < 1.29 is 22.7 Å². The zero-order valence-electron chi connectivity index (χ0n) is 20.7. The minimum Gasteiger partial charge on any atom is -0.492 e. The summed E-state index contributed by atoms with van der Waals surface area (Å²) in [6.45, 7) is 8.06. The Morgan fingerprint density at radius 2 is 1.36 bits per heavy atom. The van der Waals surface area contributed by atoms with Crippen molar-refractivity contribution in [2.45, 2.75) is 103 Å². The van der Waals surface area contributed by atoms with Gasteiger partial charge >= 0.3 is 6.18 Å². The predicted octanol–water partition coefficient (Wildman–Crippen LogP) is 7.76. The number of hydrogen-bond donors (Lipinski definition) is 0. The summed E-state index contributed by atoms with van der Waals surface area (Å²) >= 11 is 0. The number of Topliss-reactive ketones (excluding diaryl/α,β-unsaturated/α-hetero) is 1. The third-order valence-electron chi connectivity index (χ3n) is 5.92. The van der Waals surface area contributed by atoms with Crippen molar-refractivity contribution in [3.8, 4) is 5.75 Å². The first-order valence-corrected chi connectivity index (χ1v) is 12.9. The van der Waals surface area contributed by atoms with Crippen LogP contribution in [0.3, 0.4) is 0 Å². The highest BCUT2D eigenvalue weighted by Gasteiger charge is 2.37. The van der Waals surface area contributed by atoms with Gasteiger partial charge in [-0.2, -0.15) is 13.2 Å². The van der Waals surface area contributed by atoms with E-state index in [0.717, 1.165) is 26.1 Å². The molecular weight excluding hydrogens is 427 g/mol. The van der Waals surface area contributed by atoms with Gasteiger partial charge in [0.1, 0.15) is 12.4 Å². The molecule has 3 nitrogen and oxygen atoms in total. The second kappa shape index (κ2) is 17.9. The van der Waals surface area contributed by atoms with Gasteiger partial charge < -0.3 is 4.74 Å². The molecule has 1 aromatic carbocycles. The fourth-order valence-corrected chi connectivity index (χ4v) is 3.92. The molecule has 0 saturated carbocycles. The van der Waals surface area contributed by atoms with E-state index in [9.17, 15) is 18.0 Å². The number of carbonyl (C=O) groups is 1. The van der Waals surface area contributed by atoms with Gasteiger partial charge in [-0.1, -0.05) is 83.8 Å². The lowest BCUT2D eigenvalue weighted by molar-refractivity contribution is -0.171. The lowest BCUT2D eigenvalue weighted by Gasteiger charge is -2.21. The summed E-state index contributed by atoms with van der Waals surface area (Å²) < 4.78 is 42.7. The van der Waals surface area contributed by atoms with Crippen molar-refractivity contribution in [3.05, 3.63) is 29.8 Å². The number of nitrogens with zero attached hydrogens (tertiary/aromatic N) is 1. The number of hydrogen-bond acceptors (Lipinski definition) is 3. The van der Waals surface area contributed by atoms with Gasteiger partial charge in [-0.15, -0.1) is 0 Å². The van der Waals surface area contributed by atoms with Crippen LogP contribution in [0.25, 0.3) is 0 Å². The van der Waals surface area contributed by atoms with Gasteiger partial charge in [0.15, 0.2) is 0 Å². The van der Waals surface area contributed by atoms with E-state index in [4.69, 9.17) is 4.74 Å². The van der Waals surface area contributed by atoms with Gasteiger partial charge in [0.25, 0.3) is 0 Å². The molecule has 0 fully saturated rings. The van der Waals surface area contributed by atoms with Crippen LogP contribution in [-0.2, 0) is 11.2 Å². The topological polar surface area (TPSA) is 29.5 Å². The molecule has 0 aliphatic heterocycles. The molecule has 0 bridgehead atoms. The summed E-state index contributed by atoms with van der Waals surface area (Å²) in [4.78, 5) is 13.4. The second-order valence-electron chi connectivity index (χ2n) is 8.94. The maximum absolute atomic E-state index is 12.3. The summed E-state index contributed by atoms with van der Waals surface area (Å²) in [5, 5.41) is 0. The molecular formula is C27H44F3NO2. The van der Waals surface area contributed by atoms with Crippen LogP contribution < -0.4 is 4.74 Å². The summed E-state index contributed by atoms with van der Waals surface area (Å²) in [6.07, 6.45) is 9.32. The molecule has 1 aromatic rings. The smallest absolute Gasteiger partial charge is 0.449 e. The van der Waals surface area contributed by atoms with Crippen LogP contribution in [0, 0.1) is 0 Å². The van der Waals surface area contributed by atoms with Crippen molar-refractivity contribution in [2.75, 3.05) is 26.2 Å². The Labute approximate surface area is 199 Å². The monoisotopic (exact) mass is 471 g/mol.